The van der Waals surface area contributed by atoms with Crippen molar-refractivity contribution in [1.29, 1.82) is 0 Å². The van der Waals surface area contributed by atoms with Gasteiger partial charge in [0.25, 0.3) is 11.5 Å². The van der Waals surface area contributed by atoms with E-state index >= 15 is 0 Å². The van der Waals surface area contributed by atoms with E-state index in [0.717, 1.165) is 50.4 Å². The quantitative estimate of drug-likeness (QED) is 0.814. The Labute approximate surface area is 174 Å². The van der Waals surface area contributed by atoms with Crippen LogP contribution in [0, 0.1) is 5.82 Å². The molecule has 2 fully saturated rings. The summed E-state index contributed by atoms with van der Waals surface area (Å²) >= 11 is 0. The molecular weight excluding hydrogens is 389 g/mol. The van der Waals surface area contributed by atoms with Crippen molar-refractivity contribution in [2.45, 2.75) is 18.9 Å². The Morgan fingerprint density at radius 2 is 1.93 bits per heavy atom. The number of carbonyl (C=O) groups is 1. The molecule has 2 aliphatic rings. The summed E-state index contributed by atoms with van der Waals surface area (Å²) in [5.74, 6) is -1.28. The minimum atomic E-state index is -0.581. The summed E-state index contributed by atoms with van der Waals surface area (Å²) in [4.78, 5) is 31.5. The van der Waals surface area contributed by atoms with Gasteiger partial charge in [0.1, 0.15) is 11.6 Å². The van der Waals surface area contributed by atoms with Crippen molar-refractivity contribution in [1.82, 2.24) is 19.6 Å². The number of rotatable bonds is 3. The predicted octanol–water partition coefficient (Wildman–Crippen LogP) is 1.32. The molecule has 1 aromatic heterocycles. The van der Waals surface area contributed by atoms with E-state index < -0.39 is 11.7 Å². The van der Waals surface area contributed by atoms with Gasteiger partial charge in [-0.25, -0.2) is 9.07 Å². The first-order valence-electron chi connectivity index (χ1n) is 10.2. The number of aromatic hydroxyl groups is 1. The fourth-order valence-electron chi connectivity index (χ4n) is 4.11. The van der Waals surface area contributed by atoms with E-state index in [1.165, 1.54) is 10.7 Å². The lowest BCUT2D eigenvalue weighted by atomic mass is 10.0. The van der Waals surface area contributed by atoms with Crippen molar-refractivity contribution in [3.05, 3.63) is 52.2 Å². The molecule has 1 atom stereocenters. The van der Waals surface area contributed by atoms with Crippen LogP contribution in [0.4, 0.5) is 10.1 Å². The highest BCUT2D eigenvalue weighted by molar-refractivity contribution is 5.96. The van der Waals surface area contributed by atoms with Crippen LogP contribution in [0.1, 0.15) is 29.2 Å². The zero-order valence-corrected chi connectivity index (χ0v) is 17.0. The summed E-state index contributed by atoms with van der Waals surface area (Å²) in [6.45, 7) is 4.36. The van der Waals surface area contributed by atoms with Gasteiger partial charge in [0.15, 0.2) is 0 Å². The van der Waals surface area contributed by atoms with Crippen molar-refractivity contribution in [2.75, 3.05) is 51.2 Å². The standard InChI is InChI=1S/C21H26FN5O3/c1-24-7-9-25(10-8-24)17-12-20(29)27(23-13-17)16-3-2-6-26(14-16)21(30)18-11-15(22)4-5-19(18)28/h4-5,11-13,16,28H,2-3,6-10,14H2,1H3. The van der Waals surface area contributed by atoms with E-state index in [1.807, 2.05) is 0 Å². The fourth-order valence-corrected chi connectivity index (χ4v) is 4.11. The Hall–Kier alpha value is -2.94. The second-order valence-electron chi connectivity index (χ2n) is 8.00. The van der Waals surface area contributed by atoms with Crippen LogP contribution in [0.2, 0.25) is 0 Å². The van der Waals surface area contributed by atoms with Gasteiger partial charge < -0.3 is 19.8 Å². The number of aromatic nitrogens is 2. The topological polar surface area (TPSA) is 81.9 Å². The molecule has 2 saturated heterocycles. The third-order valence-electron chi connectivity index (χ3n) is 5.90. The van der Waals surface area contributed by atoms with Crippen molar-refractivity contribution >= 4 is 11.6 Å². The fraction of sp³-hybridized carbons (Fsp3) is 0.476. The predicted molar refractivity (Wildman–Crippen MR) is 110 cm³/mol. The Morgan fingerprint density at radius 3 is 2.67 bits per heavy atom. The Bertz CT molecular complexity index is 987. The van der Waals surface area contributed by atoms with Crippen LogP contribution < -0.4 is 10.5 Å². The van der Waals surface area contributed by atoms with Crippen molar-refractivity contribution in [3.8, 4) is 5.75 Å². The number of hydrogen-bond acceptors (Lipinski definition) is 6. The van der Waals surface area contributed by atoms with Gasteiger partial charge in [-0.15, -0.1) is 0 Å². The number of piperazine rings is 1. The van der Waals surface area contributed by atoms with Gasteiger partial charge in [0, 0.05) is 45.3 Å². The number of hydrogen-bond donors (Lipinski definition) is 1. The van der Waals surface area contributed by atoms with Crippen molar-refractivity contribution in [2.24, 2.45) is 0 Å². The number of likely N-dealkylation sites (tertiary alicyclic amines) is 1. The molecular formula is C21H26FN5O3. The zero-order valence-electron chi connectivity index (χ0n) is 17.0. The number of phenols is 1. The molecule has 160 valence electrons. The third kappa shape index (κ3) is 4.16. The maximum absolute atomic E-state index is 13.5. The first-order chi connectivity index (χ1) is 14.4. The van der Waals surface area contributed by atoms with Crippen LogP contribution in [0.3, 0.4) is 0 Å². The summed E-state index contributed by atoms with van der Waals surface area (Å²) in [7, 11) is 2.08. The molecule has 2 aromatic rings. The molecule has 1 unspecified atom stereocenters. The van der Waals surface area contributed by atoms with E-state index in [0.29, 0.717) is 13.0 Å². The SMILES string of the molecule is CN1CCN(c2cnn(C3CCCN(C(=O)c4cc(F)ccc4O)C3)c(=O)c2)CC1. The van der Waals surface area contributed by atoms with Gasteiger partial charge in [-0.1, -0.05) is 0 Å². The number of nitrogens with zero attached hydrogens (tertiary/aromatic N) is 5. The van der Waals surface area contributed by atoms with Gasteiger partial charge >= 0.3 is 0 Å². The molecule has 9 heteroatoms. The number of benzene rings is 1. The Kier molecular flexibility index (Phi) is 5.72. The third-order valence-corrected chi connectivity index (χ3v) is 5.90. The first kappa shape index (κ1) is 20.3. The molecule has 4 rings (SSSR count). The van der Waals surface area contributed by atoms with E-state index in [9.17, 15) is 19.1 Å². The summed E-state index contributed by atoms with van der Waals surface area (Å²) in [5.41, 5.74) is 0.554. The molecule has 1 amide bonds. The van der Waals surface area contributed by atoms with Crippen LogP contribution in [-0.4, -0.2) is 76.9 Å². The molecule has 1 N–H and O–H groups in total. The van der Waals surface area contributed by atoms with Crippen LogP contribution in [0.5, 0.6) is 5.75 Å². The van der Waals surface area contributed by atoms with Gasteiger partial charge in [-0.3, -0.25) is 9.59 Å². The number of halogens is 1. The molecule has 0 radical (unpaired) electrons. The maximum atomic E-state index is 13.5. The maximum Gasteiger partial charge on any atom is 0.269 e. The van der Waals surface area contributed by atoms with Crippen LogP contribution in [-0.2, 0) is 0 Å². The molecule has 0 spiro atoms. The number of phenolic OH excluding ortho intramolecular Hbond substituents is 1. The smallest absolute Gasteiger partial charge is 0.269 e. The zero-order chi connectivity index (χ0) is 21.3. The monoisotopic (exact) mass is 415 g/mol. The second kappa shape index (κ2) is 8.43. The molecule has 0 aliphatic carbocycles. The van der Waals surface area contributed by atoms with E-state index in [2.05, 4.69) is 21.9 Å². The summed E-state index contributed by atoms with van der Waals surface area (Å²) in [5, 5.41) is 14.3. The normalized spacial score (nSPS) is 20.4. The number of likely N-dealkylation sites (N-methyl/N-ethyl adjacent to an activating group) is 1. The van der Waals surface area contributed by atoms with E-state index in [4.69, 9.17) is 0 Å². The Morgan fingerprint density at radius 1 is 1.17 bits per heavy atom. The van der Waals surface area contributed by atoms with Gasteiger partial charge in [0.05, 0.1) is 23.5 Å². The van der Waals surface area contributed by atoms with Crippen molar-refractivity contribution in [3.63, 3.8) is 0 Å². The largest absolute Gasteiger partial charge is 0.507 e. The van der Waals surface area contributed by atoms with Crippen LogP contribution in [0.15, 0.2) is 35.3 Å². The average Bonchev–Trinajstić information content (AvgIpc) is 2.75. The first-order valence-corrected chi connectivity index (χ1v) is 10.2. The molecule has 3 heterocycles. The van der Waals surface area contributed by atoms with Crippen LogP contribution >= 0.6 is 0 Å². The second-order valence-corrected chi connectivity index (χ2v) is 8.00. The number of carbonyl (C=O) groups excluding carboxylic acids is 1. The highest BCUT2D eigenvalue weighted by atomic mass is 19.1. The Balaban J connectivity index is 1.50. The number of anilines is 1. The average molecular weight is 415 g/mol. The van der Waals surface area contributed by atoms with Crippen LogP contribution in [0.25, 0.3) is 0 Å². The summed E-state index contributed by atoms with van der Waals surface area (Å²) in [6.07, 6.45) is 3.13. The van der Waals surface area contributed by atoms with Crippen molar-refractivity contribution < 1.29 is 14.3 Å². The molecule has 8 nitrogen and oxygen atoms in total. The molecule has 1 aromatic carbocycles. The van der Waals surface area contributed by atoms with Gasteiger partial charge in [0.2, 0.25) is 0 Å². The van der Waals surface area contributed by atoms with E-state index in [-0.39, 0.29) is 29.5 Å². The lowest BCUT2D eigenvalue weighted by Gasteiger charge is -2.35. The summed E-state index contributed by atoms with van der Waals surface area (Å²) < 4.78 is 15.0. The van der Waals surface area contributed by atoms with Gasteiger partial charge in [-0.05, 0) is 38.1 Å². The minimum Gasteiger partial charge on any atom is -0.507 e. The van der Waals surface area contributed by atoms with Gasteiger partial charge in [-0.2, -0.15) is 5.10 Å². The molecule has 2 aliphatic heterocycles. The minimum absolute atomic E-state index is 0.0682. The lowest BCUT2D eigenvalue weighted by molar-refractivity contribution is 0.0666. The highest BCUT2D eigenvalue weighted by Crippen LogP contribution is 2.25. The molecule has 30 heavy (non-hydrogen) atoms. The lowest BCUT2D eigenvalue weighted by Crippen LogP contribution is -2.46. The summed E-state index contributed by atoms with van der Waals surface area (Å²) in [6, 6.07) is 4.67. The number of piperidine rings is 1. The molecule has 0 saturated carbocycles. The van der Waals surface area contributed by atoms with E-state index in [1.54, 1.807) is 17.2 Å². The molecule has 0 bridgehead atoms. The number of amides is 1. The highest BCUT2D eigenvalue weighted by Gasteiger charge is 2.28.